The minimum atomic E-state index is 0.347. The standard InChI is InChI=1S/C13H25N3S/c14-11-13(3-8-17-9-4-13)16-7-6-15-5-1-2-12(15)10-16/h12H,1-11,14H2. The third-order valence-corrected chi connectivity index (χ3v) is 6.05. The first kappa shape index (κ1) is 12.3. The Labute approximate surface area is 109 Å². The Hall–Kier alpha value is 0.230. The third kappa shape index (κ3) is 2.25. The monoisotopic (exact) mass is 255 g/mol. The van der Waals surface area contributed by atoms with Crippen molar-refractivity contribution in [3.8, 4) is 0 Å². The van der Waals surface area contributed by atoms with Gasteiger partial charge in [0.25, 0.3) is 0 Å². The number of piperazine rings is 1. The summed E-state index contributed by atoms with van der Waals surface area (Å²) >= 11 is 2.10. The molecule has 4 heteroatoms. The molecule has 98 valence electrons. The summed E-state index contributed by atoms with van der Waals surface area (Å²) in [5.74, 6) is 2.62. The van der Waals surface area contributed by atoms with Gasteiger partial charge in [0.2, 0.25) is 0 Å². The molecule has 0 amide bonds. The van der Waals surface area contributed by atoms with Crippen LogP contribution in [-0.2, 0) is 0 Å². The van der Waals surface area contributed by atoms with Crippen LogP contribution in [0.3, 0.4) is 0 Å². The molecule has 1 unspecified atom stereocenters. The van der Waals surface area contributed by atoms with E-state index in [1.165, 1.54) is 63.4 Å². The summed E-state index contributed by atoms with van der Waals surface area (Å²) in [7, 11) is 0. The molecule has 3 rings (SSSR count). The van der Waals surface area contributed by atoms with Crippen LogP contribution in [0.15, 0.2) is 0 Å². The van der Waals surface area contributed by atoms with Crippen LogP contribution >= 0.6 is 11.8 Å². The average Bonchev–Trinajstić information content (AvgIpc) is 2.86. The van der Waals surface area contributed by atoms with Crippen LogP contribution < -0.4 is 5.73 Å². The molecule has 17 heavy (non-hydrogen) atoms. The van der Waals surface area contributed by atoms with E-state index in [4.69, 9.17) is 5.73 Å². The Morgan fingerprint density at radius 3 is 2.76 bits per heavy atom. The lowest BCUT2D eigenvalue weighted by molar-refractivity contribution is 0.0132. The zero-order valence-electron chi connectivity index (χ0n) is 10.7. The van der Waals surface area contributed by atoms with Gasteiger partial charge in [0, 0.05) is 37.8 Å². The molecule has 0 aromatic heterocycles. The fraction of sp³-hybridized carbons (Fsp3) is 1.00. The minimum Gasteiger partial charge on any atom is -0.329 e. The number of rotatable bonds is 2. The van der Waals surface area contributed by atoms with Crippen molar-refractivity contribution >= 4 is 11.8 Å². The molecule has 3 nitrogen and oxygen atoms in total. The van der Waals surface area contributed by atoms with Crippen LogP contribution in [0.1, 0.15) is 25.7 Å². The maximum atomic E-state index is 6.14. The van der Waals surface area contributed by atoms with Crippen molar-refractivity contribution in [2.24, 2.45) is 5.73 Å². The van der Waals surface area contributed by atoms with E-state index < -0.39 is 0 Å². The van der Waals surface area contributed by atoms with Crippen molar-refractivity contribution in [1.29, 1.82) is 0 Å². The highest BCUT2D eigenvalue weighted by molar-refractivity contribution is 7.99. The van der Waals surface area contributed by atoms with Gasteiger partial charge in [-0.3, -0.25) is 9.80 Å². The largest absolute Gasteiger partial charge is 0.329 e. The van der Waals surface area contributed by atoms with E-state index in [0.717, 1.165) is 12.6 Å². The molecule has 3 fully saturated rings. The summed E-state index contributed by atoms with van der Waals surface area (Å²) in [6, 6.07) is 0.835. The van der Waals surface area contributed by atoms with Gasteiger partial charge < -0.3 is 5.73 Å². The van der Waals surface area contributed by atoms with Gasteiger partial charge in [0.15, 0.2) is 0 Å². The Morgan fingerprint density at radius 1 is 1.18 bits per heavy atom. The molecule has 0 spiro atoms. The lowest BCUT2D eigenvalue weighted by atomic mass is 9.88. The van der Waals surface area contributed by atoms with E-state index in [1.54, 1.807) is 0 Å². The van der Waals surface area contributed by atoms with Crippen molar-refractivity contribution < 1.29 is 0 Å². The summed E-state index contributed by atoms with van der Waals surface area (Å²) in [4.78, 5) is 5.44. The van der Waals surface area contributed by atoms with E-state index in [2.05, 4.69) is 21.6 Å². The molecule has 3 saturated heterocycles. The van der Waals surface area contributed by atoms with Crippen molar-refractivity contribution in [2.45, 2.75) is 37.3 Å². The lowest BCUT2D eigenvalue weighted by Gasteiger charge is -2.50. The van der Waals surface area contributed by atoms with E-state index in [9.17, 15) is 0 Å². The number of hydrogen-bond acceptors (Lipinski definition) is 4. The molecule has 0 bridgehead atoms. The van der Waals surface area contributed by atoms with Gasteiger partial charge in [0.1, 0.15) is 0 Å². The Balaban J connectivity index is 1.69. The number of thioether (sulfide) groups is 1. The molecular weight excluding hydrogens is 230 g/mol. The smallest absolute Gasteiger partial charge is 0.0348 e. The lowest BCUT2D eigenvalue weighted by Crippen LogP contribution is -2.63. The zero-order chi connectivity index (χ0) is 11.7. The fourth-order valence-corrected chi connectivity index (χ4v) is 5.08. The van der Waals surface area contributed by atoms with E-state index in [0.29, 0.717) is 5.54 Å². The highest BCUT2D eigenvalue weighted by Gasteiger charge is 2.41. The van der Waals surface area contributed by atoms with Crippen LogP contribution in [0.2, 0.25) is 0 Å². The Bertz CT molecular complexity index is 265. The van der Waals surface area contributed by atoms with Crippen LogP contribution in [0.5, 0.6) is 0 Å². The van der Waals surface area contributed by atoms with Gasteiger partial charge in [-0.2, -0.15) is 11.8 Å². The van der Waals surface area contributed by atoms with Crippen LogP contribution in [0.25, 0.3) is 0 Å². The molecule has 3 aliphatic heterocycles. The molecule has 0 saturated carbocycles. The maximum Gasteiger partial charge on any atom is 0.0348 e. The van der Waals surface area contributed by atoms with Gasteiger partial charge >= 0.3 is 0 Å². The highest BCUT2D eigenvalue weighted by Crippen LogP contribution is 2.34. The van der Waals surface area contributed by atoms with E-state index >= 15 is 0 Å². The average molecular weight is 255 g/mol. The molecule has 1 atom stereocenters. The predicted octanol–water partition coefficient (Wildman–Crippen LogP) is 0.991. The second-order valence-electron chi connectivity index (χ2n) is 5.82. The van der Waals surface area contributed by atoms with Gasteiger partial charge in [-0.25, -0.2) is 0 Å². The van der Waals surface area contributed by atoms with Gasteiger partial charge in [0.05, 0.1) is 0 Å². The number of nitrogens with two attached hydrogens (primary N) is 1. The molecule has 0 aromatic carbocycles. The number of fused-ring (bicyclic) bond motifs is 1. The molecule has 0 aliphatic carbocycles. The van der Waals surface area contributed by atoms with Crippen LogP contribution in [0, 0.1) is 0 Å². The van der Waals surface area contributed by atoms with E-state index in [-0.39, 0.29) is 0 Å². The second kappa shape index (κ2) is 5.08. The number of hydrogen-bond donors (Lipinski definition) is 1. The minimum absolute atomic E-state index is 0.347. The Morgan fingerprint density at radius 2 is 2.00 bits per heavy atom. The summed E-state index contributed by atoms with van der Waals surface area (Å²) in [6.45, 7) is 6.00. The normalized spacial score (nSPS) is 34.8. The molecule has 0 aromatic rings. The van der Waals surface area contributed by atoms with Gasteiger partial charge in [-0.05, 0) is 43.7 Å². The first-order valence-electron chi connectivity index (χ1n) is 7.11. The molecule has 2 N–H and O–H groups in total. The van der Waals surface area contributed by atoms with Crippen molar-refractivity contribution in [3.63, 3.8) is 0 Å². The topological polar surface area (TPSA) is 32.5 Å². The predicted molar refractivity (Wildman–Crippen MR) is 74.5 cm³/mol. The zero-order valence-corrected chi connectivity index (χ0v) is 11.6. The van der Waals surface area contributed by atoms with Crippen LogP contribution in [-0.4, -0.2) is 65.6 Å². The first-order valence-corrected chi connectivity index (χ1v) is 8.26. The maximum absolute atomic E-state index is 6.14. The van der Waals surface area contributed by atoms with Crippen molar-refractivity contribution in [1.82, 2.24) is 9.80 Å². The first-order chi connectivity index (χ1) is 8.34. The summed E-state index contributed by atoms with van der Waals surface area (Å²) in [5, 5.41) is 0. The fourth-order valence-electron chi connectivity index (χ4n) is 3.82. The summed E-state index contributed by atoms with van der Waals surface area (Å²) < 4.78 is 0. The van der Waals surface area contributed by atoms with Crippen molar-refractivity contribution in [2.75, 3.05) is 44.2 Å². The third-order valence-electron chi connectivity index (χ3n) is 5.06. The summed E-state index contributed by atoms with van der Waals surface area (Å²) in [6.07, 6.45) is 5.43. The highest BCUT2D eigenvalue weighted by atomic mass is 32.2. The second-order valence-corrected chi connectivity index (χ2v) is 7.04. The number of nitrogens with zero attached hydrogens (tertiary/aromatic N) is 2. The molecule has 3 heterocycles. The van der Waals surface area contributed by atoms with Gasteiger partial charge in [-0.1, -0.05) is 0 Å². The quantitative estimate of drug-likeness (QED) is 0.798. The SMILES string of the molecule is NCC1(N2CCN3CCCC3C2)CCSCC1. The molecular formula is C13H25N3S. The Kier molecular flexibility index (Phi) is 3.67. The molecule has 3 aliphatic rings. The van der Waals surface area contributed by atoms with Gasteiger partial charge in [-0.15, -0.1) is 0 Å². The van der Waals surface area contributed by atoms with Crippen LogP contribution in [0.4, 0.5) is 0 Å². The molecule has 0 radical (unpaired) electrons. The summed E-state index contributed by atoms with van der Waals surface area (Å²) in [5.41, 5.74) is 6.49. The van der Waals surface area contributed by atoms with E-state index in [1.807, 2.05) is 0 Å². The van der Waals surface area contributed by atoms with Crippen molar-refractivity contribution in [3.05, 3.63) is 0 Å².